The third-order valence-electron chi connectivity index (χ3n) is 3.50. The fourth-order valence-electron chi connectivity index (χ4n) is 2.84. The van der Waals surface area contributed by atoms with Crippen LogP contribution in [0.5, 0.6) is 0 Å². The second kappa shape index (κ2) is 2.92. The summed E-state index contributed by atoms with van der Waals surface area (Å²) in [6.45, 7) is 1.14. The molecule has 0 heterocycles. The summed E-state index contributed by atoms with van der Waals surface area (Å²) in [5, 5.41) is 9.00. The van der Waals surface area contributed by atoms with Crippen molar-refractivity contribution in [2.24, 2.45) is 23.0 Å². The van der Waals surface area contributed by atoms with Crippen LogP contribution in [0.3, 0.4) is 0 Å². The molecule has 3 aliphatic rings. The molecule has 2 bridgehead atoms. The number of hydrogen-bond donors (Lipinski definition) is 2. The van der Waals surface area contributed by atoms with Crippen LogP contribution >= 0.6 is 12.4 Å². The molecule has 11 heavy (non-hydrogen) atoms. The van der Waals surface area contributed by atoms with E-state index in [4.69, 9.17) is 10.8 Å². The second-order valence-electron chi connectivity index (χ2n) is 3.96. The lowest BCUT2D eigenvalue weighted by Gasteiger charge is -2.40. The van der Waals surface area contributed by atoms with Crippen LogP contribution in [-0.4, -0.2) is 18.3 Å². The summed E-state index contributed by atoms with van der Waals surface area (Å²) in [5.41, 5.74) is 6.04. The predicted octanol–water partition coefficient (Wildman–Crippen LogP) is 0.775. The fraction of sp³-hybridized carbons (Fsp3) is 1.00. The van der Waals surface area contributed by atoms with Crippen molar-refractivity contribution in [1.82, 2.24) is 0 Å². The Morgan fingerprint density at radius 3 is 2.45 bits per heavy atom. The fourth-order valence-corrected chi connectivity index (χ4v) is 2.84. The van der Waals surface area contributed by atoms with Crippen molar-refractivity contribution < 1.29 is 5.11 Å². The average Bonchev–Trinajstić information content (AvgIpc) is 2.37. The number of aliphatic hydroxyl groups excluding tert-OH is 1. The molecule has 3 fully saturated rings. The van der Waals surface area contributed by atoms with Crippen molar-refractivity contribution in [3.05, 3.63) is 0 Å². The molecular formula is C8H16ClNO. The van der Waals surface area contributed by atoms with Gasteiger partial charge in [0.1, 0.15) is 0 Å². The van der Waals surface area contributed by atoms with Crippen LogP contribution in [0.15, 0.2) is 0 Å². The quantitative estimate of drug-likeness (QED) is 0.655. The molecule has 66 valence electrons. The van der Waals surface area contributed by atoms with E-state index in [9.17, 15) is 0 Å². The van der Waals surface area contributed by atoms with Crippen LogP contribution in [0.25, 0.3) is 0 Å². The molecule has 0 saturated heterocycles. The SMILES string of the molecule is Cl.NCC12CC(CC1CO)C2. The molecule has 3 rings (SSSR count). The molecule has 3 saturated carbocycles. The van der Waals surface area contributed by atoms with Crippen LogP contribution in [-0.2, 0) is 0 Å². The first-order chi connectivity index (χ1) is 4.80. The monoisotopic (exact) mass is 177 g/mol. The van der Waals surface area contributed by atoms with Gasteiger partial charge >= 0.3 is 0 Å². The Bertz CT molecular complexity index is 142. The first-order valence-electron chi connectivity index (χ1n) is 4.12. The van der Waals surface area contributed by atoms with Gasteiger partial charge in [0, 0.05) is 6.61 Å². The summed E-state index contributed by atoms with van der Waals surface area (Å²) >= 11 is 0. The third kappa shape index (κ3) is 1.08. The molecule has 1 unspecified atom stereocenters. The Morgan fingerprint density at radius 2 is 2.09 bits per heavy atom. The highest BCUT2D eigenvalue weighted by molar-refractivity contribution is 5.85. The Morgan fingerprint density at radius 1 is 1.45 bits per heavy atom. The van der Waals surface area contributed by atoms with Gasteiger partial charge in [-0.15, -0.1) is 12.4 Å². The van der Waals surface area contributed by atoms with Gasteiger partial charge < -0.3 is 10.8 Å². The summed E-state index contributed by atoms with van der Waals surface area (Å²) in [4.78, 5) is 0. The highest BCUT2D eigenvalue weighted by Gasteiger charge is 2.55. The Balaban J connectivity index is 0.000000605. The molecule has 0 aliphatic heterocycles. The largest absolute Gasteiger partial charge is 0.396 e. The van der Waals surface area contributed by atoms with E-state index in [1.54, 1.807) is 0 Å². The van der Waals surface area contributed by atoms with Crippen LogP contribution in [0, 0.1) is 17.3 Å². The van der Waals surface area contributed by atoms with Crippen molar-refractivity contribution >= 4 is 12.4 Å². The zero-order chi connectivity index (χ0) is 7.19. The summed E-state index contributed by atoms with van der Waals surface area (Å²) < 4.78 is 0. The van der Waals surface area contributed by atoms with Crippen LogP contribution in [0.2, 0.25) is 0 Å². The summed E-state index contributed by atoms with van der Waals surface area (Å²) in [5.74, 6) is 1.43. The Kier molecular flexibility index (Phi) is 2.47. The number of nitrogens with two attached hydrogens (primary N) is 1. The number of rotatable bonds is 2. The topological polar surface area (TPSA) is 46.2 Å². The van der Waals surface area contributed by atoms with Crippen molar-refractivity contribution in [3.63, 3.8) is 0 Å². The lowest BCUT2D eigenvalue weighted by atomic mass is 9.67. The number of fused-ring (bicyclic) bond motifs is 1. The number of halogens is 1. The van der Waals surface area contributed by atoms with E-state index in [-0.39, 0.29) is 12.4 Å². The summed E-state index contributed by atoms with van der Waals surface area (Å²) in [7, 11) is 0. The van der Waals surface area contributed by atoms with Crippen molar-refractivity contribution in [2.75, 3.05) is 13.2 Å². The summed E-state index contributed by atoms with van der Waals surface area (Å²) in [6.07, 6.45) is 3.80. The third-order valence-corrected chi connectivity index (χ3v) is 3.50. The lowest BCUT2D eigenvalue weighted by Crippen LogP contribution is -2.40. The maximum absolute atomic E-state index is 9.00. The van der Waals surface area contributed by atoms with E-state index in [1.807, 2.05) is 0 Å². The predicted molar refractivity (Wildman–Crippen MR) is 46.7 cm³/mol. The van der Waals surface area contributed by atoms with Gasteiger partial charge in [-0.3, -0.25) is 0 Å². The molecule has 0 spiro atoms. The highest BCUT2D eigenvalue weighted by atomic mass is 35.5. The molecule has 3 aliphatic carbocycles. The maximum atomic E-state index is 9.00. The minimum Gasteiger partial charge on any atom is -0.396 e. The van der Waals surface area contributed by atoms with Crippen molar-refractivity contribution in [2.45, 2.75) is 19.3 Å². The molecule has 1 atom stereocenters. The van der Waals surface area contributed by atoms with Crippen molar-refractivity contribution in [1.29, 1.82) is 0 Å². The van der Waals surface area contributed by atoms with Gasteiger partial charge in [0.05, 0.1) is 0 Å². The Labute approximate surface area is 73.6 Å². The number of aliphatic hydroxyl groups is 1. The zero-order valence-electron chi connectivity index (χ0n) is 6.62. The van der Waals surface area contributed by atoms with Gasteiger partial charge in [0.15, 0.2) is 0 Å². The number of hydrogen-bond acceptors (Lipinski definition) is 2. The molecule has 3 heteroatoms. The van der Waals surface area contributed by atoms with Gasteiger partial charge in [-0.25, -0.2) is 0 Å². The van der Waals surface area contributed by atoms with E-state index in [0.717, 1.165) is 12.5 Å². The normalized spacial score (nSPS) is 46.4. The Hall–Kier alpha value is 0.210. The van der Waals surface area contributed by atoms with Gasteiger partial charge in [0.25, 0.3) is 0 Å². The van der Waals surface area contributed by atoms with Crippen LogP contribution in [0.1, 0.15) is 19.3 Å². The molecular weight excluding hydrogens is 162 g/mol. The average molecular weight is 178 g/mol. The highest BCUT2D eigenvalue weighted by Crippen LogP contribution is 2.61. The molecule has 0 radical (unpaired) electrons. The second-order valence-corrected chi connectivity index (χ2v) is 3.96. The molecule has 0 amide bonds. The first-order valence-corrected chi connectivity index (χ1v) is 4.12. The summed E-state index contributed by atoms with van der Waals surface area (Å²) in [6, 6.07) is 0. The molecule has 2 nitrogen and oxygen atoms in total. The maximum Gasteiger partial charge on any atom is 0.0465 e. The van der Waals surface area contributed by atoms with Gasteiger partial charge in [0.2, 0.25) is 0 Å². The van der Waals surface area contributed by atoms with E-state index in [0.29, 0.717) is 17.9 Å². The lowest BCUT2D eigenvalue weighted by molar-refractivity contribution is 0.0810. The molecule has 3 N–H and O–H groups in total. The molecule has 0 aromatic heterocycles. The standard InChI is InChI=1S/C8H15NO.ClH/c9-5-8-2-6(3-8)1-7(8)4-10;/h6-7,10H,1-5,9H2;1H. The van der Waals surface area contributed by atoms with Gasteiger partial charge in [-0.1, -0.05) is 0 Å². The van der Waals surface area contributed by atoms with Gasteiger partial charge in [-0.05, 0) is 43.1 Å². The smallest absolute Gasteiger partial charge is 0.0465 e. The minimum absolute atomic E-state index is 0. The van der Waals surface area contributed by atoms with E-state index < -0.39 is 0 Å². The van der Waals surface area contributed by atoms with E-state index in [1.165, 1.54) is 19.3 Å². The van der Waals surface area contributed by atoms with E-state index >= 15 is 0 Å². The minimum atomic E-state index is 0. The van der Waals surface area contributed by atoms with Crippen molar-refractivity contribution in [3.8, 4) is 0 Å². The van der Waals surface area contributed by atoms with E-state index in [2.05, 4.69) is 0 Å². The molecule has 0 aromatic rings. The molecule has 0 aromatic carbocycles. The zero-order valence-corrected chi connectivity index (χ0v) is 7.44. The van der Waals surface area contributed by atoms with Crippen LogP contribution < -0.4 is 5.73 Å². The van der Waals surface area contributed by atoms with Crippen LogP contribution in [0.4, 0.5) is 0 Å². The first kappa shape index (κ1) is 9.30. The van der Waals surface area contributed by atoms with Gasteiger partial charge in [-0.2, -0.15) is 0 Å².